The Bertz CT molecular complexity index is 972. The maximum Gasteiger partial charge on any atom is 0.258 e. The van der Waals surface area contributed by atoms with Crippen LogP contribution in [0, 0.1) is 13.8 Å². The van der Waals surface area contributed by atoms with Gasteiger partial charge in [-0.2, -0.15) is 0 Å². The summed E-state index contributed by atoms with van der Waals surface area (Å²) in [5, 5.41) is 5.35. The summed E-state index contributed by atoms with van der Waals surface area (Å²) in [6.07, 6.45) is 1.05. The average Bonchev–Trinajstić information content (AvgIpc) is 2.65. The molecule has 0 saturated heterocycles. The molecule has 8 nitrogen and oxygen atoms in total. The van der Waals surface area contributed by atoms with Crippen molar-refractivity contribution in [1.82, 2.24) is 10.6 Å². The second-order valence-corrected chi connectivity index (χ2v) is 8.29. The van der Waals surface area contributed by atoms with Crippen molar-refractivity contribution in [2.75, 3.05) is 30.7 Å². The molecule has 0 saturated carbocycles. The van der Waals surface area contributed by atoms with Crippen LogP contribution in [-0.4, -0.2) is 46.2 Å². The monoisotopic (exact) mass is 419 g/mol. The molecule has 2 aromatic rings. The molecule has 2 rings (SSSR count). The van der Waals surface area contributed by atoms with E-state index in [1.165, 1.54) is 24.3 Å². The van der Waals surface area contributed by atoms with Gasteiger partial charge in [0.15, 0.2) is 6.61 Å². The van der Waals surface area contributed by atoms with E-state index < -0.39 is 10.0 Å². The highest BCUT2D eigenvalue weighted by Gasteiger charge is 2.08. The van der Waals surface area contributed by atoms with Crippen LogP contribution in [-0.2, 0) is 14.8 Å². The van der Waals surface area contributed by atoms with Gasteiger partial charge >= 0.3 is 0 Å². The number of benzene rings is 2. The number of carbonyl (C=O) groups is 2. The normalized spacial score (nSPS) is 10.9. The van der Waals surface area contributed by atoms with Crippen molar-refractivity contribution in [3.8, 4) is 5.75 Å². The van der Waals surface area contributed by atoms with Crippen LogP contribution >= 0.6 is 0 Å². The highest BCUT2D eigenvalue weighted by Crippen LogP contribution is 2.20. The van der Waals surface area contributed by atoms with Gasteiger partial charge in [-0.25, -0.2) is 8.42 Å². The lowest BCUT2D eigenvalue weighted by Gasteiger charge is -2.11. The van der Waals surface area contributed by atoms with Crippen LogP contribution in [0.15, 0.2) is 42.5 Å². The number of carbonyl (C=O) groups excluding carboxylic acids is 2. The summed E-state index contributed by atoms with van der Waals surface area (Å²) in [6.45, 7) is 4.31. The summed E-state index contributed by atoms with van der Waals surface area (Å²) in [6, 6.07) is 11.7. The van der Waals surface area contributed by atoms with E-state index in [4.69, 9.17) is 4.74 Å². The molecule has 0 unspecified atom stereocenters. The van der Waals surface area contributed by atoms with Crippen molar-refractivity contribution in [3.05, 3.63) is 59.2 Å². The number of anilines is 1. The van der Waals surface area contributed by atoms with E-state index in [1.54, 1.807) is 0 Å². The van der Waals surface area contributed by atoms with Crippen LogP contribution in [0.4, 0.5) is 5.69 Å². The molecule has 2 aromatic carbocycles. The second kappa shape index (κ2) is 9.92. The Morgan fingerprint density at radius 1 is 0.966 bits per heavy atom. The Kier molecular flexibility index (Phi) is 7.60. The highest BCUT2D eigenvalue weighted by atomic mass is 32.2. The van der Waals surface area contributed by atoms with Crippen molar-refractivity contribution in [3.63, 3.8) is 0 Å². The van der Waals surface area contributed by atoms with E-state index in [1.807, 2.05) is 32.0 Å². The summed E-state index contributed by atoms with van der Waals surface area (Å²) >= 11 is 0. The second-order valence-electron chi connectivity index (χ2n) is 6.54. The van der Waals surface area contributed by atoms with Gasteiger partial charge in [-0.05, 0) is 55.3 Å². The van der Waals surface area contributed by atoms with Gasteiger partial charge in [-0.3, -0.25) is 14.3 Å². The molecule has 156 valence electrons. The number of hydrogen-bond acceptors (Lipinski definition) is 5. The molecule has 2 amide bonds. The predicted octanol–water partition coefficient (Wildman–Crippen LogP) is 1.60. The lowest BCUT2D eigenvalue weighted by Crippen LogP contribution is -2.36. The average molecular weight is 420 g/mol. The molecule has 9 heteroatoms. The largest absolute Gasteiger partial charge is 0.483 e. The maximum atomic E-state index is 12.1. The Hall–Kier alpha value is -3.07. The first-order valence-corrected chi connectivity index (χ1v) is 10.9. The first-order valence-electron chi connectivity index (χ1n) is 8.97. The molecule has 0 spiro atoms. The molecule has 0 aliphatic heterocycles. The van der Waals surface area contributed by atoms with E-state index in [2.05, 4.69) is 15.4 Å². The van der Waals surface area contributed by atoms with Crippen molar-refractivity contribution in [2.45, 2.75) is 13.8 Å². The molecule has 29 heavy (non-hydrogen) atoms. The lowest BCUT2D eigenvalue weighted by molar-refractivity contribution is -0.123. The van der Waals surface area contributed by atoms with E-state index in [0.717, 1.165) is 17.4 Å². The summed E-state index contributed by atoms with van der Waals surface area (Å²) < 4.78 is 30.2. The van der Waals surface area contributed by atoms with Crippen molar-refractivity contribution >= 4 is 27.5 Å². The van der Waals surface area contributed by atoms with Gasteiger partial charge in [0, 0.05) is 24.3 Å². The smallest absolute Gasteiger partial charge is 0.258 e. The van der Waals surface area contributed by atoms with E-state index in [0.29, 0.717) is 17.0 Å². The minimum Gasteiger partial charge on any atom is -0.483 e. The molecular weight excluding hydrogens is 394 g/mol. The molecule has 0 atom stereocenters. The molecule has 0 aromatic heterocycles. The highest BCUT2D eigenvalue weighted by molar-refractivity contribution is 7.92. The van der Waals surface area contributed by atoms with Crippen molar-refractivity contribution < 1.29 is 22.7 Å². The standard InChI is InChI=1S/C20H25N3O5S/c1-14-5-4-6-18(15(14)2)28-13-19(24)21-11-12-22-20(25)16-7-9-17(10-8-16)23-29(3,26)27/h4-10,23H,11-13H2,1-3H3,(H,21,24)(H,22,25). The van der Waals surface area contributed by atoms with Crippen LogP contribution in [0.25, 0.3) is 0 Å². The fraction of sp³-hybridized carbons (Fsp3) is 0.300. The third kappa shape index (κ3) is 7.46. The zero-order valence-corrected chi connectivity index (χ0v) is 17.4. The van der Waals surface area contributed by atoms with Gasteiger partial charge in [0.1, 0.15) is 5.75 Å². The molecule has 0 heterocycles. The van der Waals surface area contributed by atoms with Crippen LogP contribution in [0.1, 0.15) is 21.5 Å². The zero-order chi connectivity index (χ0) is 21.4. The Labute approximate surface area is 170 Å². The number of nitrogens with one attached hydrogen (secondary N) is 3. The van der Waals surface area contributed by atoms with Crippen molar-refractivity contribution in [2.24, 2.45) is 0 Å². The summed E-state index contributed by atoms with van der Waals surface area (Å²) in [7, 11) is -3.36. The third-order valence-electron chi connectivity index (χ3n) is 4.10. The van der Waals surface area contributed by atoms with E-state index >= 15 is 0 Å². The summed E-state index contributed by atoms with van der Waals surface area (Å²) in [4.78, 5) is 24.0. The molecule has 0 fully saturated rings. The van der Waals surface area contributed by atoms with Gasteiger partial charge in [-0.1, -0.05) is 12.1 Å². The fourth-order valence-corrected chi connectivity index (χ4v) is 3.02. The number of amides is 2. The number of hydrogen-bond donors (Lipinski definition) is 3. The Morgan fingerprint density at radius 2 is 1.62 bits per heavy atom. The number of sulfonamides is 1. The quantitative estimate of drug-likeness (QED) is 0.534. The lowest BCUT2D eigenvalue weighted by atomic mass is 10.1. The SMILES string of the molecule is Cc1cccc(OCC(=O)NCCNC(=O)c2ccc(NS(C)(=O)=O)cc2)c1C. The van der Waals surface area contributed by atoms with Gasteiger partial charge < -0.3 is 15.4 Å². The molecule has 0 radical (unpaired) electrons. The zero-order valence-electron chi connectivity index (χ0n) is 16.6. The summed E-state index contributed by atoms with van der Waals surface area (Å²) in [5.41, 5.74) is 2.84. The van der Waals surface area contributed by atoms with Gasteiger partial charge in [0.25, 0.3) is 11.8 Å². The molecule has 0 bridgehead atoms. The maximum absolute atomic E-state index is 12.1. The Balaban J connectivity index is 1.70. The Morgan fingerprint density at radius 3 is 2.28 bits per heavy atom. The molecule has 3 N–H and O–H groups in total. The molecule has 0 aliphatic carbocycles. The number of ether oxygens (including phenoxy) is 1. The number of aryl methyl sites for hydroxylation is 1. The minimum atomic E-state index is -3.36. The molecular formula is C20H25N3O5S. The summed E-state index contributed by atoms with van der Waals surface area (Å²) in [5.74, 6) is 0.0652. The van der Waals surface area contributed by atoms with Crippen molar-refractivity contribution in [1.29, 1.82) is 0 Å². The van der Waals surface area contributed by atoms with Gasteiger partial charge in [0.2, 0.25) is 10.0 Å². The first kappa shape index (κ1) is 22.2. The van der Waals surface area contributed by atoms with E-state index in [-0.39, 0.29) is 31.5 Å². The van der Waals surface area contributed by atoms with Crippen LogP contribution in [0.2, 0.25) is 0 Å². The van der Waals surface area contributed by atoms with Crippen LogP contribution in [0.5, 0.6) is 5.75 Å². The van der Waals surface area contributed by atoms with Gasteiger partial charge in [-0.15, -0.1) is 0 Å². The third-order valence-corrected chi connectivity index (χ3v) is 4.70. The van der Waals surface area contributed by atoms with Crippen LogP contribution < -0.4 is 20.1 Å². The predicted molar refractivity (Wildman–Crippen MR) is 112 cm³/mol. The molecule has 0 aliphatic rings. The first-order chi connectivity index (χ1) is 13.7. The fourth-order valence-electron chi connectivity index (χ4n) is 2.46. The number of rotatable bonds is 9. The van der Waals surface area contributed by atoms with E-state index in [9.17, 15) is 18.0 Å². The van der Waals surface area contributed by atoms with Gasteiger partial charge in [0.05, 0.1) is 6.26 Å². The van der Waals surface area contributed by atoms with Crippen LogP contribution in [0.3, 0.4) is 0 Å². The topological polar surface area (TPSA) is 114 Å². The minimum absolute atomic E-state index is 0.104.